The van der Waals surface area contributed by atoms with Gasteiger partial charge in [-0.25, -0.2) is 8.78 Å². The van der Waals surface area contributed by atoms with Gasteiger partial charge in [0.15, 0.2) is 0 Å². The molecule has 1 unspecified atom stereocenters. The van der Waals surface area contributed by atoms with Crippen LogP contribution in [0.3, 0.4) is 0 Å². The molecular weight excluding hydrogens is 172 g/mol. The molecule has 0 fully saturated rings. The molecule has 0 saturated carbocycles. The lowest BCUT2D eigenvalue weighted by Crippen LogP contribution is -2.29. The van der Waals surface area contributed by atoms with Crippen LogP contribution in [0.2, 0.25) is 0 Å². The van der Waals surface area contributed by atoms with Crippen LogP contribution in [0.5, 0.6) is 0 Å². The van der Waals surface area contributed by atoms with E-state index in [4.69, 9.17) is 5.73 Å². The molecule has 0 aliphatic rings. The summed E-state index contributed by atoms with van der Waals surface area (Å²) in [5.74, 6) is -0.429. The Bertz CT molecular complexity index is 282. The molecular formula is C10H13F2N. The van der Waals surface area contributed by atoms with Gasteiger partial charge in [-0.05, 0) is 24.1 Å². The second-order valence-electron chi connectivity index (χ2n) is 3.03. The summed E-state index contributed by atoms with van der Waals surface area (Å²) in [6.07, 6.45) is 0.257. The van der Waals surface area contributed by atoms with Gasteiger partial charge in [0, 0.05) is 6.54 Å². The highest BCUT2D eigenvalue weighted by atomic mass is 19.1. The second kappa shape index (κ2) is 3.83. The maximum Gasteiger partial charge on any atom is 0.147 e. The molecule has 0 amide bonds. The minimum absolute atomic E-state index is 0.118. The minimum Gasteiger partial charge on any atom is -0.327 e. The lowest BCUT2D eigenvalue weighted by Gasteiger charge is -2.22. The van der Waals surface area contributed by atoms with Gasteiger partial charge < -0.3 is 5.73 Å². The Hall–Kier alpha value is -0.960. The summed E-state index contributed by atoms with van der Waals surface area (Å²) >= 11 is 0. The van der Waals surface area contributed by atoms with E-state index in [0.29, 0.717) is 5.56 Å². The summed E-state index contributed by atoms with van der Waals surface area (Å²) in [4.78, 5) is 0. The van der Waals surface area contributed by atoms with Crippen LogP contribution in [-0.2, 0) is 5.67 Å². The highest BCUT2D eigenvalue weighted by molar-refractivity contribution is 5.23. The first-order valence-electron chi connectivity index (χ1n) is 4.27. The lowest BCUT2D eigenvalue weighted by atomic mass is 9.93. The van der Waals surface area contributed by atoms with Crippen LogP contribution in [0.25, 0.3) is 0 Å². The van der Waals surface area contributed by atoms with Crippen molar-refractivity contribution in [3.05, 3.63) is 35.6 Å². The molecule has 0 aliphatic carbocycles. The predicted octanol–water partition coefficient (Wildman–Crippen LogP) is 2.36. The molecule has 1 rings (SSSR count). The average Bonchev–Trinajstić information content (AvgIpc) is 2.17. The molecule has 0 heterocycles. The van der Waals surface area contributed by atoms with E-state index in [1.807, 2.05) is 0 Å². The Balaban J connectivity index is 3.05. The summed E-state index contributed by atoms with van der Waals surface area (Å²) in [6, 6.07) is 5.52. The number of nitrogens with two attached hydrogens (primary N) is 1. The van der Waals surface area contributed by atoms with Gasteiger partial charge in [-0.1, -0.05) is 19.1 Å². The molecule has 0 radical (unpaired) electrons. The summed E-state index contributed by atoms with van der Waals surface area (Å²) < 4.78 is 26.6. The van der Waals surface area contributed by atoms with Crippen LogP contribution in [0.4, 0.5) is 8.78 Å². The first-order chi connectivity index (χ1) is 6.12. The van der Waals surface area contributed by atoms with Crippen LogP contribution in [0.1, 0.15) is 18.9 Å². The number of rotatable bonds is 3. The van der Waals surface area contributed by atoms with Crippen LogP contribution in [0.15, 0.2) is 24.3 Å². The van der Waals surface area contributed by atoms with Crippen molar-refractivity contribution >= 4 is 0 Å². The largest absolute Gasteiger partial charge is 0.327 e. The minimum atomic E-state index is -1.60. The van der Waals surface area contributed by atoms with Gasteiger partial charge in [-0.15, -0.1) is 0 Å². The maximum atomic E-state index is 13.9. The molecule has 13 heavy (non-hydrogen) atoms. The van der Waals surface area contributed by atoms with Crippen LogP contribution in [-0.4, -0.2) is 6.54 Å². The lowest BCUT2D eigenvalue weighted by molar-refractivity contribution is 0.168. The van der Waals surface area contributed by atoms with E-state index in [9.17, 15) is 8.78 Å². The predicted molar refractivity (Wildman–Crippen MR) is 48.5 cm³/mol. The van der Waals surface area contributed by atoms with Crippen molar-refractivity contribution in [2.75, 3.05) is 6.54 Å². The van der Waals surface area contributed by atoms with Gasteiger partial charge in [-0.2, -0.15) is 0 Å². The van der Waals surface area contributed by atoms with Crippen molar-refractivity contribution in [2.24, 2.45) is 5.73 Å². The molecule has 0 bridgehead atoms. The Morgan fingerprint density at radius 2 is 2.15 bits per heavy atom. The second-order valence-corrected chi connectivity index (χ2v) is 3.03. The molecule has 0 aromatic heterocycles. The quantitative estimate of drug-likeness (QED) is 0.768. The molecule has 72 valence electrons. The van der Waals surface area contributed by atoms with E-state index in [2.05, 4.69) is 0 Å². The third-order valence-corrected chi connectivity index (χ3v) is 2.23. The van der Waals surface area contributed by atoms with Gasteiger partial charge in [-0.3, -0.25) is 0 Å². The molecule has 0 spiro atoms. The van der Waals surface area contributed by atoms with Gasteiger partial charge in [0.25, 0.3) is 0 Å². The van der Waals surface area contributed by atoms with Crippen LogP contribution >= 0.6 is 0 Å². The summed E-state index contributed by atoms with van der Waals surface area (Å²) in [5, 5.41) is 0. The highest BCUT2D eigenvalue weighted by Crippen LogP contribution is 2.28. The van der Waals surface area contributed by atoms with Crippen molar-refractivity contribution < 1.29 is 8.78 Å². The molecule has 1 nitrogen and oxygen atoms in total. The monoisotopic (exact) mass is 185 g/mol. The molecule has 1 atom stereocenters. The van der Waals surface area contributed by atoms with Crippen molar-refractivity contribution in [1.29, 1.82) is 0 Å². The summed E-state index contributed by atoms with van der Waals surface area (Å²) in [7, 11) is 0. The average molecular weight is 185 g/mol. The van der Waals surface area contributed by atoms with Gasteiger partial charge in [0.05, 0.1) is 0 Å². The molecule has 2 N–H and O–H groups in total. The fraction of sp³-hybridized carbons (Fsp3) is 0.400. The molecule has 1 aromatic carbocycles. The number of halogens is 2. The Kier molecular flexibility index (Phi) is 2.98. The first-order valence-corrected chi connectivity index (χ1v) is 4.27. The van der Waals surface area contributed by atoms with E-state index in [1.54, 1.807) is 13.0 Å². The summed E-state index contributed by atoms with van der Waals surface area (Å²) in [6.45, 7) is 1.57. The highest BCUT2D eigenvalue weighted by Gasteiger charge is 2.28. The van der Waals surface area contributed by atoms with Gasteiger partial charge >= 0.3 is 0 Å². The normalized spacial score (nSPS) is 15.4. The SMILES string of the molecule is CCC(F)(CN)c1cccc(F)c1. The topological polar surface area (TPSA) is 26.0 Å². The van der Waals surface area contributed by atoms with E-state index in [1.165, 1.54) is 18.2 Å². The molecule has 0 saturated heterocycles. The standard InChI is InChI=1S/C10H13F2N/c1-2-10(12,7-13)8-4-3-5-9(11)6-8/h3-6H,2,7,13H2,1H3. The van der Waals surface area contributed by atoms with Crippen molar-refractivity contribution in [3.8, 4) is 0 Å². The van der Waals surface area contributed by atoms with Crippen molar-refractivity contribution in [1.82, 2.24) is 0 Å². The van der Waals surface area contributed by atoms with Gasteiger partial charge in [0.1, 0.15) is 11.5 Å². The smallest absolute Gasteiger partial charge is 0.147 e. The van der Waals surface area contributed by atoms with E-state index in [-0.39, 0.29) is 13.0 Å². The van der Waals surface area contributed by atoms with E-state index >= 15 is 0 Å². The fourth-order valence-corrected chi connectivity index (χ4v) is 1.23. The van der Waals surface area contributed by atoms with Crippen LogP contribution in [0, 0.1) is 5.82 Å². The van der Waals surface area contributed by atoms with Gasteiger partial charge in [0.2, 0.25) is 0 Å². The fourth-order valence-electron chi connectivity index (χ4n) is 1.23. The molecule has 0 aliphatic heterocycles. The number of hydrogen-bond acceptors (Lipinski definition) is 1. The number of benzene rings is 1. The maximum absolute atomic E-state index is 13.9. The van der Waals surface area contributed by atoms with Crippen LogP contribution < -0.4 is 5.73 Å². The van der Waals surface area contributed by atoms with Crippen molar-refractivity contribution in [3.63, 3.8) is 0 Å². The zero-order valence-electron chi connectivity index (χ0n) is 7.56. The molecule has 1 aromatic rings. The third kappa shape index (κ3) is 2.04. The zero-order valence-corrected chi connectivity index (χ0v) is 7.56. The third-order valence-electron chi connectivity index (χ3n) is 2.23. The summed E-state index contributed by atoms with van der Waals surface area (Å²) in [5.41, 5.74) is 4.02. The first kappa shape index (κ1) is 10.1. The Labute approximate surface area is 76.6 Å². The number of alkyl halides is 1. The van der Waals surface area contributed by atoms with Crippen molar-refractivity contribution in [2.45, 2.75) is 19.0 Å². The Morgan fingerprint density at radius 3 is 2.62 bits per heavy atom. The zero-order chi connectivity index (χ0) is 9.90. The van der Waals surface area contributed by atoms with E-state index < -0.39 is 11.5 Å². The van der Waals surface area contributed by atoms with E-state index in [0.717, 1.165) is 0 Å². The molecule has 3 heteroatoms. The number of hydrogen-bond donors (Lipinski definition) is 1. The Morgan fingerprint density at radius 1 is 1.46 bits per heavy atom.